The Morgan fingerprint density at radius 1 is 0.622 bits per heavy atom. The molecule has 0 radical (unpaired) electrons. The van der Waals surface area contributed by atoms with Crippen molar-refractivity contribution in [2.75, 3.05) is 60.2 Å². The van der Waals surface area contributed by atoms with Gasteiger partial charge in [-0.25, -0.2) is 0 Å². The lowest BCUT2D eigenvalue weighted by molar-refractivity contribution is -0.890. The maximum absolute atomic E-state index is 6.80. The van der Waals surface area contributed by atoms with E-state index in [2.05, 4.69) is 48.7 Å². The van der Waals surface area contributed by atoms with Gasteiger partial charge in [0.25, 0.3) is 0 Å². The van der Waals surface area contributed by atoms with Crippen molar-refractivity contribution in [3.63, 3.8) is 0 Å². The number of quaternary nitrogens is 1. The second kappa shape index (κ2) is 24.2. The summed E-state index contributed by atoms with van der Waals surface area (Å²) in [4.78, 5) is 0. The zero-order valence-electron chi connectivity index (χ0n) is 31.3. The Balaban J connectivity index is 1.64. The Kier molecular flexibility index (Phi) is 22.1. The second-order valence-corrected chi connectivity index (χ2v) is 18.7. The van der Waals surface area contributed by atoms with Gasteiger partial charge in [-0.05, 0) is 37.0 Å². The van der Waals surface area contributed by atoms with Gasteiger partial charge >= 0.3 is 8.80 Å². The first-order valence-electron chi connectivity index (χ1n) is 19.6. The molecule has 0 bridgehead atoms. The van der Waals surface area contributed by atoms with E-state index >= 15 is 0 Å². The first kappa shape index (κ1) is 41.1. The Bertz CT molecular complexity index is 682. The molecule has 0 amide bonds. The molecule has 0 aliphatic carbocycles. The molecule has 2 fully saturated rings. The van der Waals surface area contributed by atoms with Crippen molar-refractivity contribution < 1.29 is 27.2 Å². The molecule has 2 rings (SSSR count). The van der Waals surface area contributed by atoms with Gasteiger partial charge in [0.1, 0.15) is 12.2 Å². The molecular formula is C38H78NO5Si+. The fourth-order valence-electron chi connectivity index (χ4n) is 6.41. The van der Waals surface area contributed by atoms with Gasteiger partial charge in [0.05, 0.1) is 53.6 Å². The van der Waals surface area contributed by atoms with Crippen LogP contribution in [0.1, 0.15) is 150 Å². The predicted octanol–water partition coefficient (Wildman–Crippen LogP) is 9.82. The van der Waals surface area contributed by atoms with Crippen LogP contribution in [0.3, 0.4) is 0 Å². The summed E-state index contributed by atoms with van der Waals surface area (Å²) in [5.74, 6) is 1.75. The van der Waals surface area contributed by atoms with Crippen LogP contribution < -0.4 is 0 Å². The minimum atomic E-state index is -2.85. The zero-order valence-corrected chi connectivity index (χ0v) is 32.3. The van der Waals surface area contributed by atoms with Crippen LogP contribution in [-0.2, 0) is 22.8 Å². The van der Waals surface area contributed by atoms with Gasteiger partial charge in [-0.15, -0.1) is 0 Å². The first-order chi connectivity index (χ1) is 21.6. The van der Waals surface area contributed by atoms with E-state index in [-0.39, 0.29) is 12.2 Å². The van der Waals surface area contributed by atoms with Crippen LogP contribution in [0.4, 0.5) is 0 Å². The molecule has 0 spiro atoms. The van der Waals surface area contributed by atoms with Crippen molar-refractivity contribution in [3.8, 4) is 0 Å². The monoisotopic (exact) mass is 657 g/mol. The molecule has 0 aromatic carbocycles. The van der Waals surface area contributed by atoms with Crippen molar-refractivity contribution in [2.24, 2.45) is 17.8 Å². The molecule has 3 atom stereocenters. The second-order valence-electron chi connectivity index (χ2n) is 16.0. The molecule has 2 aliphatic heterocycles. The first-order valence-corrected chi connectivity index (χ1v) is 21.5. The SMILES string of the molecule is CCCCCCCCCCCCCCCCCC[N+](C)(C)CCC[Si](OCC1CO1)(OCC1CO1)OCC(CC(C)C)C(C)C. The van der Waals surface area contributed by atoms with Crippen molar-refractivity contribution in [2.45, 2.75) is 168 Å². The summed E-state index contributed by atoms with van der Waals surface area (Å²) in [6.45, 7) is 17.4. The quantitative estimate of drug-likeness (QED) is 0.0305. The number of nitrogens with zero attached hydrogens (tertiary/aromatic N) is 1. The van der Waals surface area contributed by atoms with Gasteiger partial charge in [-0.2, -0.15) is 0 Å². The fraction of sp³-hybridized carbons (Fsp3) is 1.00. The Morgan fingerprint density at radius 2 is 1.04 bits per heavy atom. The fourth-order valence-corrected chi connectivity index (χ4v) is 9.03. The van der Waals surface area contributed by atoms with Crippen molar-refractivity contribution in [3.05, 3.63) is 0 Å². The van der Waals surface area contributed by atoms with Gasteiger partial charge in [0, 0.05) is 19.1 Å². The molecule has 45 heavy (non-hydrogen) atoms. The summed E-state index contributed by atoms with van der Waals surface area (Å²) >= 11 is 0. The van der Waals surface area contributed by atoms with E-state index < -0.39 is 8.80 Å². The highest BCUT2D eigenvalue weighted by molar-refractivity contribution is 6.60. The molecule has 7 heteroatoms. The van der Waals surface area contributed by atoms with Crippen LogP contribution >= 0.6 is 0 Å². The molecule has 6 nitrogen and oxygen atoms in total. The smallest absolute Gasteiger partial charge is 0.373 e. The van der Waals surface area contributed by atoms with E-state index in [9.17, 15) is 0 Å². The third-order valence-corrected chi connectivity index (χ3v) is 12.7. The summed E-state index contributed by atoms with van der Waals surface area (Å²) in [7, 11) is 1.94. The minimum absolute atomic E-state index is 0.208. The van der Waals surface area contributed by atoms with Gasteiger partial charge in [-0.3, -0.25) is 0 Å². The minimum Gasteiger partial charge on any atom is -0.373 e. The van der Waals surface area contributed by atoms with Crippen LogP contribution in [0.5, 0.6) is 0 Å². The van der Waals surface area contributed by atoms with Crippen molar-refractivity contribution in [1.82, 2.24) is 0 Å². The average Bonchev–Trinajstić information content (AvgIpc) is 3.92. The van der Waals surface area contributed by atoms with E-state index in [1.54, 1.807) is 0 Å². The van der Waals surface area contributed by atoms with Crippen LogP contribution in [0.25, 0.3) is 0 Å². The number of ether oxygens (including phenoxy) is 2. The molecule has 3 unspecified atom stereocenters. The number of unbranched alkanes of at least 4 members (excludes halogenated alkanes) is 15. The molecule has 268 valence electrons. The highest BCUT2D eigenvalue weighted by Crippen LogP contribution is 2.28. The van der Waals surface area contributed by atoms with Gasteiger partial charge < -0.3 is 27.2 Å². The maximum Gasteiger partial charge on any atom is 0.501 e. The zero-order chi connectivity index (χ0) is 32.8. The summed E-state index contributed by atoms with van der Waals surface area (Å²) in [5.41, 5.74) is 0. The third-order valence-electron chi connectivity index (χ3n) is 9.88. The highest BCUT2D eigenvalue weighted by atomic mass is 28.4. The lowest BCUT2D eigenvalue weighted by Crippen LogP contribution is -2.50. The van der Waals surface area contributed by atoms with Gasteiger partial charge in [0.2, 0.25) is 0 Å². The highest BCUT2D eigenvalue weighted by Gasteiger charge is 2.45. The van der Waals surface area contributed by atoms with Crippen molar-refractivity contribution >= 4 is 8.80 Å². The van der Waals surface area contributed by atoms with E-state index in [0.29, 0.717) is 31.0 Å². The normalized spacial score (nSPS) is 20.2. The number of hydrogen-bond acceptors (Lipinski definition) is 5. The van der Waals surface area contributed by atoms with E-state index in [1.807, 2.05) is 0 Å². The summed E-state index contributed by atoms with van der Waals surface area (Å²) in [6, 6.07) is 0.875. The van der Waals surface area contributed by atoms with Crippen LogP contribution in [-0.4, -0.2) is 85.7 Å². The topological polar surface area (TPSA) is 52.8 Å². The molecule has 2 aliphatic rings. The van der Waals surface area contributed by atoms with Gasteiger partial charge in [0.15, 0.2) is 0 Å². The molecular weight excluding hydrogens is 579 g/mol. The number of rotatable bonds is 33. The average molecular weight is 657 g/mol. The molecule has 0 N–H and O–H groups in total. The standard InChI is InChI=1S/C38H78NO5Si/c1-8-9-10-11-12-13-14-15-16-17-18-19-20-21-22-23-25-39(6,7)26-24-27-45(43-32-37-30-40-37,44-33-38-31-41-38)42-29-36(35(4)5)28-34(2)3/h34-38H,8-33H2,1-7H3/q+1. The van der Waals surface area contributed by atoms with Crippen LogP contribution in [0.15, 0.2) is 0 Å². The van der Waals surface area contributed by atoms with E-state index in [4.69, 9.17) is 22.8 Å². The summed E-state index contributed by atoms with van der Waals surface area (Å²) in [5, 5.41) is 0. The number of hydrogen-bond donors (Lipinski definition) is 0. The summed E-state index contributed by atoms with van der Waals surface area (Å²) in [6.07, 6.45) is 25.4. The molecule has 2 saturated heterocycles. The summed E-state index contributed by atoms with van der Waals surface area (Å²) < 4.78 is 32.0. The number of epoxide rings is 2. The molecule has 0 aromatic rings. The largest absolute Gasteiger partial charge is 0.501 e. The third kappa shape index (κ3) is 22.3. The molecule has 0 aromatic heterocycles. The lowest BCUT2D eigenvalue weighted by Gasteiger charge is -2.34. The molecule has 2 heterocycles. The Labute approximate surface area is 282 Å². The van der Waals surface area contributed by atoms with Crippen LogP contribution in [0.2, 0.25) is 6.04 Å². The van der Waals surface area contributed by atoms with Crippen LogP contribution in [0, 0.1) is 17.8 Å². The Hall–Kier alpha value is -0.0231. The van der Waals surface area contributed by atoms with E-state index in [1.165, 1.54) is 116 Å². The molecule has 0 saturated carbocycles. The van der Waals surface area contributed by atoms with Gasteiger partial charge in [-0.1, -0.05) is 125 Å². The lowest BCUT2D eigenvalue weighted by atomic mass is 9.88. The van der Waals surface area contributed by atoms with Crippen molar-refractivity contribution in [1.29, 1.82) is 0 Å². The predicted molar refractivity (Wildman–Crippen MR) is 192 cm³/mol. The maximum atomic E-state index is 6.80. The Morgan fingerprint density at radius 3 is 1.44 bits per heavy atom. The van der Waals surface area contributed by atoms with E-state index in [0.717, 1.165) is 43.3 Å².